The average molecular weight is 578 g/mol. The Balaban J connectivity index is 1.55. The number of carboxylic acid groups (broad SMARTS) is 1. The third-order valence-corrected chi connectivity index (χ3v) is 8.38. The Labute approximate surface area is 240 Å². The highest BCUT2D eigenvalue weighted by Crippen LogP contribution is 2.33. The fourth-order valence-corrected chi connectivity index (χ4v) is 5.74. The van der Waals surface area contributed by atoms with Crippen LogP contribution in [0.3, 0.4) is 0 Å². The molecular formula is C31H35N3O6S. The van der Waals surface area contributed by atoms with Crippen LogP contribution < -0.4 is 16.0 Å². The van der Waals surface area contributed by atoms with Crippen molar-refractivity contribution in [3.63, 3.8) is 0 Å². The number of urea groups is 1. The summed E-state index contributed by atoms with van der Waals surface area (Å²) >= 11 is 0. The van der Waals surface area contributed by atoms with E-state index >= 15 is 0 Å². The van der Waals surface area contributed by atoms with Crippen LogP contribution in [0.5, 0.6) is 0 Å². The van der Waals surface area contributed by atoms with Crippen molar-refractivity contribution in [2.24, 2.45) is 0 Å². The zero-order chi connectivity index (χ0) is 29.4. The molecular weight excluding hydrogens is 542 g/mol. The monoisotopic (exact) mass is 577 g/mol. The van der Waals surface area contributed by atoms with Crippen molar-refractivity contribution in [1.29, 1.82) is 0 Å². The highest BCUT2D eigenvalue weighted by molar-refractivity contribution is 7.90. The largest absolute Gasteiger partial charge is 0.481 e. The van der Waals surface area contributed by atoms with Gasteiger partial charge in [-0.1, -0.05) is 61.7 Å². The standard InChI is InChI=1S/C31H35N3O6S/c1-41(39,40)27-9-5-8-26(20-27)33-31(38)34-29(23-12-10-22(11-13-23)21-6-3-2-4-7-21)24-14-16-25(17-15-24)30(37)32-19-18-28(35)36/h5,8-17,20-21,29H,2-4,6-7,18-19H2,1H3,(H,32,37)(H,35,36)(H2,33,34,38). The SMILES string of the molecule is CS(=O)(=O)c1cccc(NC(=O)NC(c2ccc(C(=O)NCCC(=O)O)cc2)c2ccc(C3CCCCC3)cc2)c1. The molecule has 10 heteroatoms. The van der Waals surface area contributed by atoms with Crippen LogP contribution in [-0.4, -0.2) is 44.2 Å². The summed E-state index contributed by atoms with van der Waals surface area (Å²) in [6, 6.07) is 19.9. The summed E-state index contributed by atoms with van der Waals surface area (Å²) in [5.74, 6) is -0.846. The van der Waals surface area contributed by atoms with Gasteiger partial charge < -0.3 is 21.1 Å². The van der Waals surface area contributed by atoms with Crippen molar-refractivity contribution in [3.8, 4) is 0 Å². The first-order valence-corrected chi connectivity index (χ1v) is 15.6. The minimum Gasteiger partial charge on any atom is -0.481 e. The summed E-state index contributed by atoms with van der Waals surface area (Å²) < 4.78 is 23.9. The van der Waals surface area contributed by atoms with E-state index in [1.54, 1.807) is 36.4 Å². The van der Waals surface area contributed by atoms with Crippen LogP contribution in [0, 0.1) is 0 Å². The van der Waals surface area contributed by atoms with Gasteiger partial charge in [0.1, 0.15) is 0 Å². The van der Waals surface area contributed by atoms with Gasteiger partial charge in [0, 0.05) is 24.1 Å². The molecule has 0 heterocycles. The molecule has 41 heavy (non-hydrogen) atoms. The molecule has 0 aromatic heterocycles. The molecule has 0 saturated heterocycles. The quantitative estimate of drug-likeness (QED) is 0.259. The van der Waals surface area contributed by atoms with Crippen LogP contribution in [-0.2, 0) is 14.6 Å². The zero-order valence-corrected chi connectivity index (χ0v) is 23.7. The van der Waals surface area contributed by atoms with E-state index in [4.69, 9.17) is 5.11 Å². The van der Waals surface area contributed by atoms with E-state index in [1.807, 2.05) is 12.1 Å². The van der Waals surface area contributed by atoms with Crippen LogP contribution >= 0.6 is 0 Å². The molecule has 3 amide bonds. The Bertz CT molecular complexity index is 1480. The molecule has 1 aliphatic carbocycles. The second-order valence-corrected chi connectivity index (χ2v) is 12.4. The first-order valence-electron chi connectivity index (χ1n) is 13.7. The van der Waals surface area contributed by atoms with Gasteiger partial charge in [-0.2, -0.15) is 0 Å². The summed E-state index contributed by atoms with van der Waals surface area (Å²) in [4.78, 5) is 36.4. The Morgan fingerprint density at radius 2 is 1.54 bits per heavy atom. The Hall–Kier alpha value is -4.18. The summed E-state index contributed by atoms with van der Waals surface area (Å²) in [7, 11) is -3.44. The lowest BCUT2D eigenvalue weighted by molar-refractivity contribution is -0.136. The normalized spacial score (nSPS) is 14.6. The molecule has 1 unspecified atom stereocenters. The third kappa shape index (κ3) is 8.40. The highest BCUT2D eigenvalue weighted by atomic mass is 32.2. The van der Waals surface area contributed by atoms with E-state index in [1.165, 1.54) is 49.8 Å². The molecule has 9 nitrogen and oxygen atoms in total. The number of rotatable bonds is 10. The molecule has 0 spiro atoms. The number of hydrogen-bond donors (Lipinski definition) is 4. The highest BCUT2D eigenvalue weighted by Gasteiger charge is 2.20. The molecule has 4 N–H and O–H groups in total. The van der Waals surface area contributed by atoms with E-state index in [-0.39, 0.29) is 23.8 Å². The molecule has 216 valence electrons. The van der Waals surface area contributed by atoms with Crippen LogP contribution in [0.25, 0.3) is 0 Å². The number of anilines is 1. The summed E-state index contributed by atoms with van der Waals surface area (Å²) in [6.45, 7) is 0.0220. The topological polar surface area (TPSA) is 142 Å². The van der Waals surface area contributed by atoms with Gasteiger partial charge in [0.25, 0.3) is 5.91 Å². The molecule has 0 radical (unpaired) electrons. The summed E-state index contributed by atoms with van der Waals surface area (Å²) in [5, 5.41) is 17.1. The number of nitrogens with one attached hydrogen (secondary N) is 3. The maximum absolute atomic E-state index is 13.1. The number of carboxylic acids is 1. The molecule has 0 aliphatic heterocycles. The van der Waals surface area contributed by atoms with Crippen molar-refractivity contribution in [2.45, 2.75) is 55.4 Å². The predicted molar refractivity (Wildman–Crippen MR) is 157 cm³/mol. The van der Waals surface area contributed by atoms with Gasteiger partial charge >= 0.3 is 12.0 Å². The second-order valence-electron chi connectivity index (χ2n) is 10.4. The molecule has 1 fully saturated rings. The number of sulfone groups is 1. The molecule has 0 bridgehead atoms. The molecule has 3 aromatic carbocycles. The number of hydrogen-bond acceptors (Lipinski definition) is 5. The molecule has 1 atom stereocenters. The second kappa shape index (κ2) is 13.5. The molecule has 4 rings (SSSR count). The lowest BCUT2D eigenvalue weighted by atomic mass is 9.83. The number of carbonyl (C=O) groups is 3. The predicted octanol–water partition coefficient (Wildman–Crippen LogP) is 5.25. The van der Waals surface area contributed by atoms with Crippen LogP contribution in [0.2, 0.25) is 0 Å². The van der Waals surface area contributed by atoms with Gasteiger partial charge in [0.15, 0.2) is 9.84 Å². The first-order chi connectivity index (χ1) is 19.6. The maximum Gasteiger partial charge on any atom is 0.319 e. The number of carbonyl (C=O) groups excluding carboxylic acids is 2. The number of amides is 3. The van der Waals surface area contributed by atoms with Crippen molar-refractivity contribution in [1.82, 2.24) is 10.6 Å². The average Bonchev–Trinajstić information content (AvgIpc) is 2.96. The lowest BCUT2D eigenvalue weighted by Gasteiger charge is -2.24. The fraction of sp³-hybridized carbons (Fsp3) is 0.323. The minimum absolute atomic E-state index is 0.0220. The third-order valence-electron chi connectivity index (χ3n) is 7.27. The first kappa shape index (κ1) is 29.8. The summed E-state index contributed by atoms with van der Waals surface area (Å²) in [5.41, 5.74) is 3.57. The number of aliphatic carboxylic acids is 1. The van der Waals surface area contributed by atoms with Gasteiger partial charge in [-0.05, 0) is 65.8 Å². The summed E-state index contributed by atoms with van der Waals surface area (Å²) in [6.07, 6.45) is 7.01. The lowest BCUT2D eigenvalue weighted by Crippen LogP contribution is -2.33. The van der Waals surface area contributed by atoms with Gasteiger partial charge in [0.2, 0.25) is 0 Å². The van der Waals surface area contributed by atoms with Gasteiger partial charge in [0.05, 0.1) is 17.4 Å². The van der Waals surface area contributed by atoms with E-state index in [0.29, 0.717) is 17.2 Å². The van der Waals surface area contributed by atoms with Crippen molar-refractivity contribution in [2.75, 3.05) is 18.1 Å². The van der Waals surface area contributed by atoms with Gasteiger partial charge in [-0.15, -0.1) is 0 Å². The number of benzene rings is 3. The van der Waals surface area contributed by atoms with E-state index in [0.717, 1.165) is 17.4 Å². The Morgan fingerprint density at radius 3 is 2.15 bits per heavy atom. The van der Waals surface area contributed by atoms with Crippen molar-refractivity contribution < 1.29 is 27.9 Å². The van der Waals surface area contributed by atoms with E-state index < -0.39 is 27.9 Å². The molecule has 1 aliphatic rings. The van der Waals surface area contributed by atoms with Gasteiger partial charge in [-0.3, -0.25) is 9.59 Å². The molecule has 3 aromatic rings. The Morgan fingerprint density at radius 1 is 0.902 bits per heavy atom. The minimum atomic E-state index is -3.44. The fourth-order valence-electron chi connectivity index (χ4n) is 5.07. The van der Waals surface area contributed by atoms with Crippen molar-refractivity contribution >= 4 is 33.4 Å². The van der Waals surface area contributed by atoms with E-state index in [9.17, 15) is 22.8 Å². The van der Waals surface area contributed by atoms with Crippen LogP contribution in [0.1, 0.15) is 77.5 Å². The maximum atomic E-state index is 13.1. The van der Waals surface area contributed by atoms with Crippen LogP contribution in [0.4, 0.5) is 10.5 Å². The van der Waals surface area contributed by atoms with E-state index in [2.05, 4.69) is 28.1 Å². The zero-order valence-electron chi connectivity index (χ0n) is 22.9. The van der Waals surface area contributed by atoms with Crippen molar-refractivity contribution in [3.05, 3.63) is 95.1 Å². The molecule has 1 saturated carbocycles. The Kier molecular flexibility index (Phi) is 9.78. The van der Waals surface area contributed by atoms with Crippen LogP contribution in [0.15, 0.2) is 77.7 Å². The smallest absolute Gasteiger partial charge is 0.319 e. The van der Waals surface area contributed by atoms with Gasteiger partial charge in [-0.25, -0.2) is 13.2 Å².